The molecule has 1 aromatic heterocycles. The Balaban J connectivity index is 1.37. The molecule has 144 valence electrons. The molecule has 2 heterocycles. The molecule has 2 aliphatic rings. The fourth-order valence-electron chi connectivity index (χ4n) is 3.97. The molecule has 2 amide bonds. The number of aromatic nitrogens is 2. The van der Waals surface area contributed by atoms with E-state index in [9.17, 15) is 9.59 Å². The Hall–Kier alpha value is -2.37. The van der Waals surface area contributed by atoms with Gasteiger partial charge in [-0.15, -0.1) is 0 Å². The first kappa shape index (κ1) is 18.0. The number of imidazole rings is 1. The van der Waals surface area contributed by atoms with Crippen LogP contribution >= 0.6 is 0 Å². The van der Waals surface area contributed by atoms with Crippen molar-refractivity contribution in [2.45, 2.75) is 45.4 Å². The third-order valence-electron chi connectivity index (χ3n) is 5.90. The lowest BCUT2D eigenvalue weighted by Gasteiger charge is -2.31. The molecule has 2 aromatic rings. The summed E-state index contributed by atoms with van der Waals surface area (Å²) in [6.07, 6.45) is 5.38. The van der Waals surface area contributed by atoms with Crippen LogP contribution in [-0.4, -0.2) is 57.8 Å². The number of carbonyl (C=O) groups is 2. The fraction of sp³-hybridized carbons (Fsp3) is 0.571. The second-order valence-corrected chi connectivity index (χ2v) is 7.75. The zero-order valence-electron chi connectivity index (χ0n) is 16.0. The van der Waals surface area contributed by atoms with Gasteiger partial charge >= 0.3 is 0 Å². The largest absolute Gasteiger partial charge is 0.342 e. The third kappa shape index (κ3) is 3.84. The minimum Gasteiger partial charge on any atom is -0.342 e. The van der Waals surface area contributed by atoms with Crippen LogP contribution in [0.25, 0.3) is 11.0 Å². The second kappa shape index (κ2) is 7.71. The van der Waals surface area contributed by atoms with Crippen molar-refractivity contribution >= 4 is 22.8 Å². The Labute approximate surface area is 159 Å². The highest BCUT2D eigenvalue weighted by molar-refractivity contribution is 5.82. The Kier molecular flexibility index (Phi) is 5.14. The number of benzene rings is 1. The minimum absolute atomic E-state index is 0.141. The van der Waals surface area contributed by atoms with E-state index in [0.717, 1.165) is 61.2 Å². The van der Waals surface area contributed by atoms with Gasteiger partial charge in [0, 0.05) is 38.5 Å². The quantitative estimate of drug-likeness (QED) is 0.902. The number of fused-ring (bicyclic) bond motifs is 1. The van der Waals surface area contributed by atoms with Crippen LogP contribution in [0, 0.1) is 5.92 Å². The zero-order valence-corrected chi connectivity index (χ0v) is 16.0. The smallest absolute Gasteiger partial charge is 0.227 e. The van der Waals surface area contributed by atoms with Gasteiger partial charge in [-0.25, -0.2) is 4.98 Å². The highest BCUT2D eigenvalue weighted by atomic mass is 16.2. The first-order valence-corrected chi connectivity index (χ1v) is 10.2. The number of aryl methyl sites for hydroxylation is 1. The van der Waals surface area contributed by atoms with E-state index in [-0.39, 0.29) is 11.8 Å². The highest BCUT2D eigenvalue weighted by Gasteiger charge is 2.30. The van der Waals surface area contributed by atoms with Crippen molar-refractivity contribution in [1.29, 1.82) is 0 Å². The van der Waals surface area contributed by atoms with Gasteiger partial charge in [-0.2, -0.15) is 0 Å². The lowest BCUT2D eigenvalue weighted by molar-refractivity contribution is -0.138. The summed E-state index contributed by atoms with van der Waals surface area (Å²) in [5.74, 6) is 1.65. The minimum atomic E-state index is 0.141. The lowest BCUT2D eigenvalue weighted by Crippen LogP contribution is -2.41. The van der Waals surface area contributed by atoms with E-state index >= 15 is 0 Å². The number of nitrogens with one attached hydrogen (secondary N) is 1. The molecule has 0 spiro atoms. The first-order valence-electron chi connectivity index (χ1n) is 10.2. The number of rotatable bonds is 4. The van der Waals surface area contributed by atoms with Crippen molar-refractivity contribution in [2.75, 3.05) is 26.2 Å². The van der Waals surface area contributed by atoms with E-state index in [2.05, 4.69) is 16.9 Å². The van der Waals surface area contributed by atoms with Crippen LogP contribution in [0.3, 0.4) is 0 Å². The maximum absolute atomic E-state index is 12.8. The van der Waals surface area contributed by atoms with Crippen molar-refractivity contribution in [3.05, 3.63) is 29.6 Å². The number of aromatic amines is 1. The molecule has 2 fully saturated rings. The normalized spacial score (nSPS) is 18.4. The molecule has 0 atom stereocenters. The van der Waals surface area contributed by atoms with Crippen LogP contribution in [0.4, 0.5) is 0 Å². The molecule has 1 aromatic carbocycles. The van der Waals surface area contributed by atoms with Crippen LogP contribution in [0.1, 0.15) is 44.0 Å². The van der Waals surface area contributed by atoms with E-state index < -0.39 is 0 Å². The molecule has 1 saturated carbocycles. The summed E-state index contributed by atoms with van der Waals surface area (Å²) in [5.41, 5.74) is 2.94. The van der Waals surface area contributed by atoms with Gasteiger partial charge in [-0.3, -0.25) is 9.59 Å². The Bertz CT molecular complexity index is 840. The molecule has 0 radical (unpaired) electrons. The van der Waals surface area contributed by atoms with Gasteiger partial charge in [0.05, 0.1) is 17.5 Å². The van der Waals surface area contributed by atoms with Gasteiger partial charge in [0.15, 0.2) is 0 Å². The molecule has 1 N–H and O–H groups in total. The number of nitrogens with zero attached hydrogens (tertiary/aromatic N) is 3. The van der Waals surface area contributed by atoms with Crippen molar-refractivity contribution < 1.29 is 9.59 Å². The summed E-state index contributed by atoms with van der Waals surface area (Å²) in [5, 5.41) is 0. The van der Waals surface area contributed by atoms with Crippen LogP contribution in [0.15, 0.2) is 18.2 Å². The number of hydrogen-bond acceptors (Lipinski definition) is 3. The van der Waals surface area contributed by atoms with Crippen LogP contribution in [0.5, 0.6) is 0 Å². The van der Waals surface area contributed by atoms with Gasteiger partial charge in [-0.1, -0.05) is 19.4 Å². The molecule has 27 heavy (non-hydrogen) atoms. The summed E-state index contributed by atoms with van der Waals surface area (Å²) >= 11 is 0. The molecule has 1 aliphatic heterocycles. The van der Waals surface area contributed by atoms with Crippen LogP contribution in [-0.2, 0) is 22.4 Å². The van der Waals surface area contributed by atoms with Gasteiger partial charge in [-0.05, 0) is 37.0 Å². The molecular weight excluding hydrogens is 340 g/mol. The summed E-state index contributed by atoms with van der Waals surface area (Å²) < 4.78 is 0. The summed E-state index contributed by atoms with van der Waals surface area (Å²) in [4.78, 5) is 37.0. The predicted octanol–water partition coefficient (Wildman–Crippen LogP) is 2.53. The molecule has 1 saturated heterocycles. The van der Waals surface area contributed by atoms with Crippen molar-refractivity contribution in [3.63, 3.8) is 0 Å². The van der Waals surface area contributed by atoms with Gasteiger partial charge < -0.3 is 14.8 Å². The topological polar surface area (TPSA) is 69.3 Å². The molecule has 0 bridgehead atoms. The fourth-order valence-corrected chi connectivity index (χ4v) is 3.97. The number of H-pyrrole nitrogens is 1. The second-order valence-electron chi connectivity index (χ2n) is 7.75. The zero-order chi connectivity index (χ0) is 18.8. The molecule has 0 unspecified atom stereocenters. The van der Waals surface area contributed by atoms with Crippen LogP contribution < -0.4 is 0 Å². The maximum Gasteiger partial charge on any atom is 0.227 e. The van der Waals surface area contributed by atoms with Gasteiger partial charge in [0.1, 0.15) is 5.82 Å². The van der Waals surface area contributed by atoms with Crippen molar-refractivity contribution in [1.82, 2.24) is 19.8 Å². The Morgan fingerprint density at radius 2 is 1.89 bits per heavy atom. The molecule has 6 heteroatoms. The SMILES string of the molecule is CCc1nc2ccc(CC(=O)N3CCCN(C(=O)C4CCC4)CC3)cc2[nH]1. The van der Waals surface area contributed by atoms with E-state index in [0.29, 0.717) is 25.4 Å². The molecule has 6 nitrogen and oxygen atoms in total. The molecular formula is C21H28N4O2. The summed E-state index contributed by atoms with van der Waals surface area (Å²) in [6.45, 7) is 4.89. The summed E-state index contributed by atoms with van der Waals surface area (Å²) in [6, 6.07) is 6.00. The van der Waals surface area contributed by atoms with Gasteiger partial charge in [0.25, 0.3) is 0 Å². The monoisotopic (exact) mass is 368 g/mol. The maximum atomic E-state index is 12.8. The molecule has 1 aliphatic carbocycles. The number of carbonyl (C=O) groups excluding carboxylic acids is 2. The standard InChI is InChI=1S/C21H28N4O2/c1-2-19-22-17-8-7-15(13-18(17)23-19)14-20(26)24-9-4-10-25(12-11-24)21(27)16-5-3-6-16/h7-8,13,16H,2-6,9-12,14H2,1H3,(H,22,23). The molecule has 4 rings (SSSR count). The Morgan fingerprint density at radius 3 is 2.63 bits per heavy atom. The van der Waals surface area contributed by atoms with E-state index in [4.69, 9.17) is 0 Å². The van der Waals surface area contributed by atoms with E-state index in [1.165, 1.54) is 6.42 Å². The number of amides is 2. The number of hydrogen-bond donors (Lipinski definition) is 1. The van der Waals surface area contributed by atoms with E-state index in [1.54, 1.807) is 0 Å². The predicted molar refractivity (Wildman–Crippen MR) is 104 cm³/mol. The van der Waals surface area contributed by atoms with Crippen LogP contribution in [0.2, 0.25) is 0 Å². The first-order chi connectivity index (χ1) is 13.1. The van der Waals surface area contributed by atoms with Gasteiger partial charge in [0.2, 0.25) is 11.8 Å². The average Bonchev–Trinajstić information content (AvgIpc) is 2.86. The van der Waals surface area contributed by atoms with Crippen molar-refractivity contribution in [3.8, 4) is 0 Å². The Morgan fingerprint density at radius 1 is 1.11 bits per heavy atom. The summed E-state index contributed by atoms with van der Waals surface area (Å²) in [7, 11) is 0. The van der Waals surface area contributed by atoms with E-state index in [1.807, 2.05) is 28.0 Å². The lowest BCUT2D eigenvalue weighted by atomic mass is 9.84. The van der Waals surface area contributed by atoms with Crippen molar-refractivity contribution in [2.24, 2.45) is 5.92 Å². The third-order valence-corrected chi connectivity index (χ3v) is 5.90. The average molecular weight is 368 g/mol. The highest BCUT2D eigenvalue weighted by Crippen LogP contribution is 2.28.